The fourth-order valence-corrected chi connectivity index (χ4v) is 3.77. The van der Waals surface area contributed by atoms with E-state index in [1.54, 1.807) is 28.5 Å². The number of rotatable bonds is 6. The number of hydrogen-bond acceptors (Lipinski definition) is 6. The zero-order chi connectivity index (χ0) is 20.7. The van der Waals surface area contributed by atoms with Gasteiger partial charge in [0.05, 0.1) is 28.6 Å². The minimum atomic E-state index is -0.191. The fraction of sp³-hybridized carbons (Fsp3) is 0.400. The lowest BCUT2D eigenvalue weighted by molar-refractivity contribution is 0.170. The number of imidazole rings is 1. The van der Waals surface area contributed by atoms with Crippen molar-refractivity contribution < 1.29 is 9.26 Å². The minimum Gasteiger partial charge on any atom is -0.384 e. The van der Waals surface area contributed by atoms with Gasteiger partial charge in [0, 0.05) is 13.2 Å². The van der Waals surface area contributed by atoms with Crippen LogP contribution in [0.3, 0.4) is 0 Å². The molecule has 0 aliphatic rings. The summed E-state index contributed by atoms with van der Waals surface area (Å²) in [5.74, 6) is 0.653. The Bertz CT molecular complexity index is 1240. The Morgan fingerprint density at radius 2 is 2.07 bits per heavy atom. The molecule has 0 radical (unpaired) electrons. The number of methoxy groups -OCH3 is 1. The number of hydrogen-bond donors (Lipinski definition) is 0. The van der Waals surface area contributed by atoms with E-state index in [1.165, 1.54) is 0 Å². The first-order chi connectivity index (χ1) is 14.0. The van der Waals surface area contributed by atoms with E-state index in [0.29, 0.717) is 34.2 Å². The molecular formula is C20H22ClN5O3. The van der Waals surface area contributed by atoms with Crippen molar-refractivity contribution in [2.24, 2.45) is 0 Å². The SMILES string of the molecule is CCC(C)n1c(=O)c2c(-c3noc(C(C)COC)n3)ncn2c2cccc(Cl)c21. The zero-order valence-electron chi connectivity index (χ0n) is 16.7. The summed E-state index contributed by atoms with van der Waals surface area (Å²) < 4.78 is 14.0. The van der Waals surface area contributed by atoms with Crippen LogP contribution in [0.2, 0.25) is 5.02 Å². The number of nitrogens with zero attached hydrogens (tertiary/aromatic N) is 5. The van der Waals surface area contributed by atoms with Crippen LogP contribution in [-0.2, 0) is 4.74 Å². The van der Waals surface area contributed by atoms with E-state index in [1.807, 2.05) is 32.9 Å². The van der Waals surface area contributed by atoms with Gasteiger partial charge in [-0.1, -0.05) is 36.7 Å². The van der Waals surface area contributed by atoms with Crippen molar-refractivity contribution >= 4 is 28.2 Å². The summed E-state index contributed by atoms with van der Waals surface area (Å²) >= 11 is 6.48. The topological polar surface area (TPSA) is 87.5 Å². The van der Waals surface area contributed by atoms with E-state index in [2.05, 4.69) is 15.1 Å². The van der Waals surface area contributed by atoms with Crippen LogP contribution in [0.15, 0.2) is 33.8 Å². The first-order valence-corrected chi connectivity index (χ1v) is 9.88. The molecule has 0 saturated heterocycles. The number of benzene rings is 1. The molecule has 4 aromatic rings. The Labute approximate surface area is 172 Å². The van der Waals surface area contributed by atoms with Crippen molar-refractivity contribution in [1.82, 2.24) is 24.1 Å². The lowest BCUT2D eigenvalue weighted by atomic mass is 10.2. The summed E-state index contributed by atoms with van der Waals surface area (Å²) in [6.07, 6.45) is 2.38. The first kappa shape index (κ1) is 19.6. The van der Waals surface area contributed by atoms with E-state index < -0.39 is 0 Å². The highest BCUT2D eigenvalue weighted by atomic mass is 35.5. The van der Waals surface area contributed by atoms with E-state index in [-0.39, 0.29) is 23.3 Å². The quantitative estimate of drug-likeness (QED) is 0.471. The monoisotopic (exact) mass is 415 g/mol. The molecule has 2 atom stereocenters. The maximum Gasteiger partial charge on any atom is 0.278 e. The number of halogens is 1. The van der Waals surface area contributed by atoms with Gasteiger partial charge in [0.2, 0.25) is 11.7 Å². The van der Waals surface area contributed by atoms with Gasteiger partial charge in [-0.25, -0.2) is 4.98 Å². The van der Waals surface area contributed by atoms with Gasteiger partial charge >= 0.3 is 0 Å². The molecule has 9 heteroatoms. The number of ether oxygens (including phenoxy) is 1. The first-order valence-electron chi connectivity index (χ1n) is 9.50. The summed E-state index contributed by atoms with van der Waals surface area (Å²) in [4.78, 5) is 22.4. The van der Waals surface area contributed by atoms with Crippen LogP contribution in [0.5, 0.6) is 0 Å². The average molecular weight is 416 g/mol. The maximum atomic E-state index is 13.5. The molecule has 3 heterocycles. The molecule has 0 saturated carbocycles. The van der Waals surface area contributed by atoms with Crippen LogP contribution in [0.4, 0.5) is 0 Å². The lowest BCUT2D eigenvalue weighted by Crippen LogP contribution is -2.26. The average Bonchev–Trinajstić information content (AvgIpc) is 3.36. The third-order valence-electron chi connectivity index (χ3n) is 5.18. The molecule has 3 aromatic heterocycles. The molecule has 0 amide bonds. The maximum absolute atomic E-state index is 13.5. The Morgan fingerprint density at radius 1 is 1.28 bits per heavy atom. The number of para-hydroxylation sites is 1. The van der Waals surface area contributed by atoms with Gasteiger partial charge in [0.15, 0.2) is 0 Å². The van der Waals surface area contributed by atoms with E-state index in [0.717, 1.165) is 11.9 Å². The molecule has 0 bridgehead atoms. The Hall–Kier alpha value is -2.71. The standard InChI is InChI=1S/C20H22ClN5O3/c1-5-12(3)26-16-13(21)7-6-8-14(16)25-10-22-15(17(25)20(26)27)18-23-19(29-24-18)11(2)9-28-4/h6-8,10-12H,5,9H2,1-4H3. The van der Waals surface area contributed by atoms with Crippen molar-refractivity contribution in [3.63, 3.8) is 0 Å². The van der Waals surface area contributed by atoms with Gasteiger partial charge in [-0.05, 0) is 25.5 Å². The fourth-order valence-electron chi connectivity index (χ4n) is 3.51. The largest absolute Gasteiger partial charge is 0.384 e. The third-order valence-corrected chi connectivity index (χ3v) is 5.48. The molecule has 29 heavy (non-hydrogen) atoms. The van der Waals surface area contributed by atoms with Gasteiger partial charge in [0.25, 0.3) is 5.56 Å². The second-order valence-corrected chi connectivity index (χ2v) is 7.57. The van der Waals surface area contributed by atoms with Crippen molar-refractivity contribution in [2.75, 3.05) is 13.7 Å². The summed E-state index contributed by atoms with van der Waals surface area (Å²) in [5, 5.41) is 4.57. The van der Waals surface area contributed by atoms with Gasteiger partial charge < -0.3 is 13.8 Å². The molecule has 0 fully saturated rings. The molecule has 8 nitrogen and oxygen atoms in total. The molecule has 2 unspecified atom stereocenters. The van der Waals surface area contributed by atoms with Gasteiger partial charge in [-0.2, -0.15) is 4.98 Å². The molecular weight excluding hydrogens is 394 g/mol. The molecule has 1 aromatic carbocycles. The van der Waals surface area contributed by atoms with Crippen LogP contribution in [0, 0.1) is 0 Å². The van der Waals surface area contributed by atoms with Crippen LogP contribution >= 0.6 is 11.6 Å². The summed E-state index contributed by atoms with van der Waals surface area (Å²) in [5.41, 5.74) is 2.07. The van der Waals surface area contributed by atoms with Gasteiger partial charge in [-0.15, -0.1) is 0 Å². The van der Waals surface area contributed by atoms with Crippen LogP contribution in [-0.4, -0.2) is 37.8 Å². The van der Waals surface area contributed by atoms with Crippen LogP contribution in [0.25, 0.3) is 28.1 Å². The van der Waals surface area contributed by atoms with Crippen LogP contribution < -0.4 is 5.56 Å². The van der Waals surface area contributed by atoms with Crippen molar-refractivity contribution in [3.8, 4) is 11.5 Å². The van der Waals surface area contributed by atoms with Crippen molar-refractivity contribution in [3.05, 3.63) is 45.8 Å². The highest BCUT2D eigenvalue weighted by Gasteiger charge is 2.24. The smallest absolute Gasteiger partial charge is 0.278 e. The predicted octanol–water partition coefficient (Wildman–Crippen LogP) is 4.07. The highest BCUT2D eigenvalue weighted by Crippen LogP contribution is 2.29. The van der Waals surface area contributed by atoms with Crippen LogP contribution in [0.1, 0.15) is 45.0 Å². The van der Waals surface area contributed by atoms with E-state index in [9.17, 15) is 4.79 Å². The second kappa shape index (κ2) is 7.61. The molecule has 0 aliphatic heterocycles. The molecule has 4 rings (SSSR count). The normalized spacial score (nSPS) is 14.0. The summed E-state index contributed by atoms with van der Waals surface area (Å²) in [6.45, 7) is 6.41. The molecule has 0 spiro atoms. The summed E-state index contributed by atoms with van der Waals surface area (Å²) in [6, 6.07) is 5.52. The summed E-state index contributed by atoms with van der Waals surface area (Å²) in [7, 11) is 1.62. The molecule has 0 N–H and O–H groups in total. The Kier molecular flexibility index (Phi) is 5.14. The van der Waals surface area contributed by atoms with Gasteiger partial charge in [-0.3, -0.25) is 9.20 Å². The third kappa shape index (κ3) is 3.12. The van der Waals surface area contributed by atoms with Crippen molar-refractivity contribution in [1.29, 1.82) is 0 Å². The molecule has 152 valence electrons. The lowest BCUT2D eigenvalue weighted by Gasteiger charge is -2.18. The van der Waals surface area contributed by atoms with Crippen molar-refractivity contribution in [2.45, 2.75) is 39.2 Å². The highest BCUT2D eigenvalue weighted by molar-refractivity contribution is 6.35. The predicted molar refractivity (Wildman–Crippen MR) is 111 cm³/mol. The van der Waals surface area contributed by atoms with E-state index in [4.69, 9.17) is 20.9 Å². The number of aromatic nitrogens is 5. The van der Waals surface area contributed by atoms with E-state index >= 15 is 0 Å². The molecule has 0 aliphatic carbocycles. The zero-order valence-corrected chi connectivity index (χ0v) is 17.5. The second-order valence-electron chi connectivity index (χ2n) is 7.16. The number of fused-ring (bicyclic) bond motifs is 3. The van der Waals surface area contributed by atoms with Gasteiger partial charge in [0.1, 0.15) is 17.5 Å². The Balaban J connectivity index is 2.01. The minimum absolute atomic E-state index is 0.0415. The Morgan fingerprint density at radius 3 is 2.79 bits per heavy atom.